The quantitative estimate of drug-likeness (QED) is 0.380. The summed E-state index contributed by atoms with van der Waals surface area (Å²) in [6, 6.07) is -0.00850. The maximum atomic E-state index is 12.2. The fourth-order valence-corrected chi connectivity index (χ4v) is 5.66. The molecule has 1 saturated carbocycles. The second-order valence-corrected chi connectivity index (χ2v) is 9.36. The Morgan fingerprint density at radius 3 is 2.57 bits per heavy atom. The van der Waals surface area contributed by atoms with E-state index in [2.05, 4.69) is 41.6 Å². The first kappa shape index (κ1) is 19.5. The van der Waals surface area contributed by atoms with E-state index < -0.39 is 5.54 Å². The van der Waals surface area contributed by atoms with Crippen LogP contribution in [0.15, 0.2) is 4.99 Å². The monoisotopic (exact) mass is 391 g/mol. The van der Waals surface area contributed by atoms with Gasteiger partial charge in [0.15, 0.2) is 5.96 Å². The van der Waals surface area contributed by atoms with Gasteiger partial charge < -0.3 is 20.3 Å². The van der Waals surface area contributed by atoms with E-state index in [1.807, 2.05) is 6.92 Å². The largest absolute Gasteiger partial charge is 0.377 e. The Morgan fingerprint density at radius 1 is 1.25 bits per heavy atom. The summed E-state index contributed by atoms with van der Waals surface area (Å²) >= 11 is 0. The lowest BCUT2D eigenvalue weighted by molar-refractivity contribution is -0.125. The van der Waals surface area contributed by atoms with Gasteiger partial charge >= 0.3 is 6.03 Å². The number of likely N-dealkylation sites (tertiary alicyclic amines) is 1. The van der Waals surface area contributed by atoms with E-state index in [1.165, 1.54) is 0 Å². The van der Waals surface area contributed by atoms with Crippen LogP contribution in [0.25, 0.3) is 0 Å². The molecule has 0 aromatic carbocycles. The van der Waals surface area contributed by atoms with Crippen molar-refractivity contribution in [1.29, 1.82) is 0 Å². The molecule has 8 heteroatoms. The zero-order valence-corrected chi connectivity index (χ0v) is 17.4. The van der Waals surface area contributed by atoms with Gasteiger partial charge in [-0.1, -0.05) is 13.8 Å². The maximum Gasteiger partial charge on any atom is 0.322 e. The Balaban J connectivity index is 1.40. The smallest absolute Gasteiger partial charge is 0.322 e. The van der Waals surface area contributed by atoms with Gasteiger partial charge in [0, 0.05) is 43.6 Å². The molecule has 3 N–H and O–H groups in total. The third-order valence-corrected chi connectivity index (χ3v) is 7.38. The molecule has 3 saturated heterocycles. The van der Waals surface area contributed by atoms with Crippen LogP contribution in [-0.2, 0) is 9.53 Å². The molecule has 0 spiro atoms. The number of fused-ring (bicyclic) bond motifs is 1. The van der Waals surface area contributed by atoms with E-state index in [4.69, 9.17) is 9.73 Å². The Kier molecular flexibility index (Phi) is 4.80. The predicted molar refractivity (Wildman–Crippen MR) is 106 cm³/mol. The van der Waals surface area contributed by atoms with E-state index in [0.29, 0.717) is 18.1 Å². The Bertz CT molecular complexity index is 685. The molecule has 8 nitrogen and oxygen atoms in total. The number of hydrogen-bond acceptors (Lipinski definition) is 4. The van der Waals surface area contributed by atoms with Gasteiger partial charge in [-0.05, 0) is 39.0 Å². The van der Waals surface area contributed by atoms with E-state index in [0.717, 1.165) is 51.5 Å². The molecule has 3 heterocycles. The molecule has 4 aliphatic rings. The highest BCUT2D eigenvalue weighted by Gasteiger charge is 2.60. The van der Waals surface area contributed by atoms with Gasteiger partial charge in [-0.15, -0.1) is 0 Å². The SMILES string of the molecule is CCN=C(NC1C2CCOC2C1(C)C)N1CCC(C2(C)NC(=O)NC2=O)CC1. The van der Waals surface area contributed by atoms with E-state index in [9.17, 15) is 9.59 Å². The summed E-state index contributed by atoms with van der Waals surface area (Å²) in [5.41, 5.74) is -0.698. The number of hydrogen-bond donors (Lipinski definition) is 3. The van der Waals surface area contributed by atoms with Crippen LogP contribution in [0.1, 0.15) is 47.0 Å². The first-order valence-electron chi connectivity index (χ1n) is 10.6. The molecule has 0 aromatic rings. The zero-order valence-electron chi connectivity index (χ0n) is 17.4. The minimum atomic E-state index is -0.803. The highest BCUT2D eigenvalue weighted by Crippen LogP contribution is 2.52. The van der Waals surface area contributed by atoms with E-state index in [-0.39, 0.29) is 23.3 Å². The summed E-state index contributed by atoms with van der Waals surface area (Å²) in [5, 5.41) is 8.95. The lowest BCUT2D eigenvalue weighted by atomic mass is 9.57. The van der Waals surface area contributed by atoms with Crippen molar-refractivity contribution in [3.05, 3.63) is 0 Å². The van der Waals surface area contributed by atoms with Gasteiger partial charge in [-0.3, -0.25) is 15.1 Å². The van der Waals surface area contributed by atoms with Crippen LogP contribution in [0.2, 0.25) is 0 Å². The number of imide groups is 1. The summed E-state index contributed by atoms with van der Waals surface area (Å²) in [7, 11) is 0. The predicted octanol–water partition coefficient (Wildman–Crippen LogP) is 1.08. The average Bonchev–Trinajstić information content (AvgIpc) is 3.22. The number of rotatable bonds is 3. The van der Waals surface area contributed by atoms with Crippen molar-refractivity contribution >= 4 is 17.9 Å². The third-order valence-electron chi connectivity index (χ3n) is 7.38. The van der Waals surface area contributed by atoms with Crippen LogP contribution in [-0.4, -0.2) is 66.7 Å². The van der Waals surface area contributed by atoms with Crippen LogP contribution >= 0.6 is 0 Å². The van der Waals surface area contributed by atoms with Gasteiger partial charge in [0.2, 0.25) is 0 Å². The number of urea groups is 1. The Hall–Kier alpha value is -1.83. The Morgan fingerprint density at radius 2 is 1.96 bits per heavy atom. The third kappa shape index (κ3) is 2.96. The molecule has 0 bridgehead atoms. The number of guanidine groups is 1. The molecule has 4 rings (SSSR count). The van der Waals surface area contributed by atoms with Crippen molar-refractivity contribution < 1.29 is 14.3 Å². The highest BCUT2D eigenvalue weighted by molar-refractivity contribution is 6.07. The van der Waals surface area contributed by atoms with E-state index >= 15 is 0 Å². The van der Waals surface area contributed by atoms with E-state index in [1.54, 1.807) is 0 Å². The number of amides is 3. The normalized spacial score (nSPS) is 37.9. The lowest BCUT2D eigenvalue weighted by Gasteiger charge is -2.55. The molecule has 3 amide bonds. The number of carbonyl (C=O) groups is 2. The fourth-order valence-electron chi connectivity index (χ4n) is 5.66. The fraction of sp³-hybridized carbons (Fsp3) is 0.850. The van der Waals surface area contributed by atoms with Crippen molar-refractivity contribution in [2.75, 3.05) is 26.2 Å². The van der Waals surface area contributed by atoms with Crippen molar-refractivity contribution in [2.45, 2.75) is 64.6 Å². The average molecular weight is 392 g/mol. The molecular weight excluding hydrogens is 358 g/mol. The summed E-state index contributed by atoms with van der Waals surface area (Å²) in [6.45, 7) is 11.7. The molecule has 156 valence electrons. The van der Waals surface area contributed by atoms with Crippen LogP contribution in [0.4, 0.5) is 4.79 Å². The van der Waals surface area contributed by atoms with Crippen LogP contribution < -0.4 is 16.0 Å². The van der Waals surface area contributed by atoms with Gasteiger partial charge in [-0.2, -0.15) is 0 Å². The van der Waals surface area contributed by atoms with Gasteiger partial charge in [0.1, 0.15) is 5.54 Å². The highest BCUT2D eigenvalue weighted by atomic mass is 16.5. The topological polar surface area (TPSA) is 95.1 Å². The van der Waals surface area contributed by atoms with Crippen LogP contribution in [0, 0.1) is 17.3 Å². The van der Waals surface area contributed by atoms with Crippen molar-refractivity contribution in [3.8, 4) is 0 Å². The molecule has 1 aliphatic carbocycles. The first-order valence-corrected chi connectivity index (χ1v) is 10.6. The standard InChI is InChI=1S/C20H33N5O3/c1-5-21-17(22-14-13-8-11-28-15(13)19(14,2)3)25-9-6-12(7-10-25)20(4)16(26)23-18(27)24-20/h12-15H,5-11H2,1-4H3,(H,21,22)(H2,23,24,26,27). The summed E-state index contributed by atoms with van der Waals surface area (Å²) in [4.78, 5) is 30.9. The number of nitrogens with one attached hydrogen (secondary N) is 3. The number of piperidine rings is 1. The summed E-state index contributed by atoms with van der Waals surface area (Å²) in [5.74, 6) is 1.45. The summed E-state index contributed by atoms with van der Waals surface area (Å²) in [6.07, 6.45) is 3.15. The number of carbonyl (C=O) groups excluding carboxylic acids is 2. The zero-order chi connectivity index (χ0) is 20.1. The second-order valence-electron chi connectivity index (χ2n) is 9.36. The van der Waals surface area contributed by atoms with Crippen molar-refractivity contribution in [3.63, 3.8) is 0 Å². The molecule has 0 radical (unpaired) electrons. The van der Waals surface area contributed by atoms with Crippen molar-refractivity contribution in [1.82, 2.24) is 20.9 Å². The Labute approximate surface area is 166 Å². The first-order chi connectivity index (χ1) is 13.3. The minimum Gasteiger partial charge on any atom is -0.377 e. The second kappa shape index (κ2) is 6.90. The van der Waals surface area contributed by atoms with Crippen molar-refractivity contribution in [2.24, 2.45) is 22.2 Å². The molecule has 4 atom stereocenters. The molecule has 0 aromatic heterocycles. The number of nitrogens with zero attached hydrogens (tertiary/aromatic N) is 2. The molecule has 4 fully saturated rings. The minimum absolute atomic E-state index is 0.105. The molecule has 28 heavy (non-hydrogen) atoms. The molecular formula is C20H33N5O3. The van der Waals surface area contributed by atoms with Gasteiger partial charge in [0.05, 0.1) is 6.10 Å². The van der Waals surface area contributed by atoms with Gasteiger partial charge in [0.25, 0.3) is 5.91 Å². The van der Waals surface area contributed by atoms with Crippen LogP contribution in [0.3, 0.4) is 0 Å². The molecule has 4 unspecified atom stereocenters. The number of ether oxygens (including phenoxy) is 1. The van der Waals surface area contributed by atoms with Crippen LogP contribution in [0.5, 0.6) is 0 Å². The summed E-state index contributed by atoms with van der Waals surface area (Å²) < 4.78 is 5.92. The maximum absolute atomic E-state index is 12.2. The molecule has 3 aliphatic heterocycles. The lowest BCUT2D eigenvalue weighted by Crippen LogP contribution is -2.68. The number of aliphatic imine (C=N–C) groups is 1. The van der Waals surface area contributed by atoms with Gasteiger partial charge in [-0.25, -0.2) is 4.79 Å².